The Morgan fingerprint density at radius 1 is 1.36 bits per heavy atom. The summed E-state index contributed by atoms with van der Waals surface area (Å²) < 4.78 is 40.6. The van der Waals surface area contributed by atoms with Crippen LogP contribution in [-0.4, -0.2) is 16.2 Å². The fraction of sp³-hybridized carbons (Fsp3) is 0.333. The highest BCUT2D eigenvalue weighted by Crippen LogP contribution is 2.17. The molecule has 1 atom stereocenters. The second-order valence-corrected chi connectivity index (χ2v) is 5.62. The molecule has 0 aliphatic carbocycles. The van der Waals surface area contributed by atoms with Crippen LogP contribution in [0.25, 0.3) is 0 Å². The van der Waals surface area contributed by atoms with Gasteiger partial charge in [-0.05, 0) is 12.1 Å². The Bertz CT molecular complexity index is 450. The van der Waals surface area contributed by atoms with E-state index in [0.717, 1.165) is 12.1 Å². The molecule has 0 aliphatic heterocycles. The number of nitrogens with zero attached hydrogens (tertiary/aromatic N) is 1. The van der Waals surface area contributed by atoms with Crippen molar-refractivity contribution in [2.45, 2.75) is 6.92 Å². The maximum Gasteiger partial charge on any atom is 0.160 e. The normalized spacial score (nSPS) is 14.9. The van der Waals surface area contributed by atoms with Crippen LogP contribution in [0.1, 0.15) is 6.92 Å². The van der Waals surface area contributed by atoms with Crippen molar-refractivity contribution in [2.24, 2.45) is 4.36 Å². The maximum atomic E-state index is 12.7. The maximum absolute atomic E-state index is 12.7. The van der Waals surface area contributed by atoms with E-state index in [2.05, 4.69) is 4.36 Å². The summed E-state index contributed by atoms with van der Waals surface area (Å²) in [6, 6.07) is 3.21. The molecule has 0 heterocycles. The number of hydrogen-bond donors (Lipinski definition) is 0. The van der Waals surface area contributed by atoms with Crippen LogP contribution in [0.15, 0.2) is 22.6 Å². The highest BCUT2D eigenvalue weighted by Gasteiger charge is 2.03. The molecule has 1 rings (SSSR count). The van der Waals surface area contributed by atoms with Crippen LogP contribution >= 0.6 is 0 Å². The van der Waals surface area contributed by atoms with E-state index < -0.39 is 21.4 Å². The molecule has 0 unspecified atom stereocenters. The lowest BCUT2D eigenvalue weighted by atomic mass is 10.3. The highest BCUT2D eigenvalue weighted by molar-refractivity contribution is 7.93. The van der Waals surface area contributed by atoms with Crippen LogP contribution in [0.5, 0.6) is 0 Å². The molecule has 0 bridgehead atoms. The summed E-state index contributed by atoms with van der Waals surface area (Å²) in [5.41, 5.74) is 0.207. The van der Waals surface area contributed by atoms with Gasteiger partial charge in [-0.2, -0.15) is 4.36 Å². The predicted octanol–water partition coefficient (Wildman–Crippen LogP) is 2.71. The lowest BCUT2D eigenvalue weighted by Crippen LogP contribution is -1.97. The molecule has 0 N–H and O–H groups in total. The van der Waals surface area contributed by atoms with Crippen molar-refractivity contribution in [3.63, 3.8) is 0 Å². The van der Waals surface area contributed by atoms with Gasteiger partial charge in [0, 0.05) is 27.8 Å². The highest BCUT2D eigenvalue weighted by atomic mass is 32.2. The summed E-state index contributed by atoms with van der Waals surface area (Å²) in [5.74, 6) is -1.52. The van der Waals surface area contributed by atoms with E-state index in [1.807, 2.05) is 0 Å². The molecule has 78 valence electrons. The Hall–Kier alpha value is -0.970. The van der Waals surface area contributed by atoms with Gasteiger partial charge >= 0.3 is 0 Å². The van der Waals surface area contributed by atoms with E-state index >= 15 is 0 Å². The summed E-state index contributed by atoms with van der Waals surface area (Å²) in [4.78, 5) is 0. The molecule has 0 fully saturated rings. The molecule has 0 amide bonds. The van der Waals surface area contributed by atoms with E-state index in [1.54, 1.807) is 6.92 Å². The summed E-state index contributed by atoms with van der Waals surface area (Å²) in [6.07, 6.45) is 1.48. The Balaban J connectivity index is 3.18. The van der Waals surface area contributed by atoms with Crippen molar-refractivity contribution in [3.8, 4) is 0 Å². The van der Waals surface area contributed by atoms with Gasteiger partial charge in [0.1, 0.15) is 0 Å². The molecule has 0 spiro atoms. The Labute approximate surface area is 82.1 Å². The quantitative estimate of drug-likeness (QED) is 0.752. The molecule has 1 aromatic carbocycles. The van der Waals surface area contributed by atoms with Crippen molar-refractivity contribution in [2.75, 3.05) is 12.0 Å². The zero-order valence-corrected chi connectivity index (χ0v) is 8.78. The van der Waals surface area contributed by atoms with Crippen molar-refractivity contribution in [1.29, 1.82) is 0 Å². The second-order valence-electron chi connectivity index (χ2n) is 2.94. The summed E-state index contributed by atoms with van der Waals surface area (Å²) in [7, 11) is -2.32. The zero-order chi connectivity index (χ0) is 10.8. The van der Waals surface area contributed by atoms with Gasteiger partial charge in [0.15, 0.2) is 11.6 Å². The fourth-order valence-corrected chi connectivity index (χ4v) is 1.52. The van der Waals surface area contributed by atoms with Crippen molar-refractivity contribution in [3.05, 3.63) is 29.8 Å². The molecule has 0 saturated carbocycles. The first-order chi connectivity index (χ1) is 6.44. The molecular formula is C9H11F2NOS. The van der Waals surface area contributed by atoms with Crippen LogP contribution in [0, 0.1) is 11.6 Å². The van der Waals surface area contributed by atoms with E-state index in [0.29, 0.717) is 5.75 Å². The molecule has 2 nitrogen and oxygen atoms in total. The molecule has 5 heteroatoms. The molecule has 1 aromatic rings. The minimum atomic E-state index is -2.32. The van der Waals surface area contributed by atoms with Gasteiger partial charge in [0.25, 0.3) is 0 Å². The van der Waals surface area contributed by atoms with Crippen LogP contribution in [0.3, 0.4) is 0 Å². The van der Waals surface area contributed by atoms with E-state index in [-0.39, 0.29) is 5.69 Å². The van der Waals surface area contributed by atoms with Crippen molar-refractivity contribution < 1.29 is 13.0 Å². The average molecular weight is 219 g/mol. The SMILES string of the molecule is CC[S@](C)(=O)=Nc1ccc(F)c(F)c1. The minimum Gasteiger partial charge on any atom is -0.250 e. The van der Waals surface area contributed by atoms with Crippen molar-refractivity contribution >= 4 is 15.4 Å². The summed E-state index contributed by atoms with van der Waals surface area (Å²) in [6.45, 7) is 1.73. The van der Waals surface area contributed by atoms with Gasteiger partial charge < -0.3 is 0 Å². The molecular weight excluding hydrogens is 208 g/mol. The molecule has 0 saturated heterocycles. The van der Waals surface area contributed by atoms with Gasteiger partial charge in [-0.25, -0.2) is 13.0 Å². The lowest BCUT2D eigenvalue weighted by molar-refractivity contribution is 0.509. The monoisotopic (exact) mass is 219 g/mol. The first-order valence-electron chi connectivity index (χ1n) is 4.09. The van der Waals surface area contributed by atoms with Crippen LogP contribution < -0.4 is 0 Å². The molecule has 14 heavy (non-hydrogen) atoms. The third kappa shape index (κ3) is 2.77. The second kappa shape index (κ2) is 4.04. The Kier molecular flexibility index (Phi) is 3.21. The van der Waals surface area contributed by atoms with Crippen LogP contribution in [0.4, 0.5) is 14.5 Å². The Morgan fingerprint density at radius 2 is 2.00 bits per heavy atom. The first-order valence-corrected chi connectivity index (χ1v) is 6.19. The van der Waals surface area contributed by atoms with Gasteiger partial charge in [-0.15, -0.1) is 0 Å². The number of hydrogen-bond acceptors (Lipinski definition) is 2. The predicted molar refractivity (Wildman–Crippen MR) is 53.1 cm³/mol. The van der Waals surface area contributed by atoms with Gasteiger partial charge in [0.05, 0.1) is 5.69 Å². The standard InChI is InChI=1S/C9H11F2NOS/c1-3-14(2,13)12-7-4-5-8(10)9(11)6-7/h4-6H,3H2,1-2H3/t14-/m0/s1. The molecule has 0 aromatic heterocycles. The number of halogens is 2. The minimum absolute atomic E-state index is 0.207. The summed E-state index contributed by atoms with van der Waals surface area (Å²) >= 11 is 0. The van der Waals surface area contributed by atoms with Crippen LogP contribution in [0.2, 0.25) is 0 Å². The zero-order valence-electron chi connectivity index (χ0n) is 7.96. The topological polar surface area (TPSA) is 29.4 Å². The van der Waals surface area contributed by atoms with E-state index in [4.69, 9.17) is 0 Å². The van der Waals surface area contributed by atoms with Crippen molar-refractivity contribution in [1.82, 2.24) is 0 Å². The summed E-state index contributed by atoms with van der Waals surface area (Å²) in [5, 5.41) is 0. The van der Waals surface area contributed by atoms with Gasteiger partial charge in [0.2, 0.25) is 0 Å². The van der Waals surface area contributed by atoms with Gasteiger partial charge in [-0.3, -0.25) is 0 Å². The largest absolute Gasteiger partial charge is 0.250 e. The number of benzene rings is 1. The number of rotatable bonds is 2. The first kappa shape index (κ1) is 11.1. The smallest absolute Gasteiger partial charge is 0.160 e. The molecule has 0 radical (unpaired) electrons. The van der Waals surface area contributed by atoms with Gasteiger partial charge in [-0.1, -0.05) is 6.92 Å². The fourth-order valence-electron chi connectivity index (χ4n) is 0.829. The molecule has 0 aliphatic rings. The third-order valence-electron chi connectivity index (χ3n) is 1.74. The average Bonchev–Trinajstić information content (AvgIpc) is 2.11. The van der Waals surface area contributed by atoms with E-state index in [9.17, 15) is 13.0 Å². The Morgan fingerprint density at radius 3 is 2.50 bits per heavy atom. The van der Waals surface area contributed by atoms with Crippen LogP contribution in [-0.2, 0) is 9.73 Å². The third-order valence-corrected chi connectivity index (χ3v) is 3.41. The van der Waals surface area contributed by atoms with E-state index in [1.165, 1.54) is 12.3 Å². The lowest BCUT2D eigenvalue weighted by Gasteiger charge is -2.00.